The van der Waals surface area contributed by atoms with Gasteiger partial charge in [-0.15, -0.1) is 0 Å². The van der Waals surface area contributed by atoms with Crippen molar-refractivity contribution in [1.82, 2.24) is 0 Å². The maximum atomic E-state index is 5.74. The molecule has 0 saturated heterocycles. The monoisotopic (exact) mass is 230 g/mol. The first kappa shape index (κ1) is 13.3. The molecule has 2 heteroatoms. The molecule has 0 aliphatic heterocycles. The quantitative estimate of drug-likeness (QED) is 0.794. The predicted molar refractivity (Wildman–Crippen MR) is 71.3 cm³/mol. The van der Waals surface area contributed by atoms with Gasteiger partial charge in [0.1, 0.15) is 5.75 Å². The van der Waals surface area contributed by atoms with Crippen LogP contribution >= 0.6 is 0 Å². The fourth-order valence-electron chi connectivity index (χ4n) is 1.66. The molecule has 2 N–H and O–H groups in total. The van der Waals surface area contributed by atoms with Crippen LogP contribution < -0.4 is 4.74 Å². The van der Waals surface area contributed by atoms with Crippen molar-refractivity contribution in [3.8, 4) is 16.9 Å². The fraction of sp³-hybridized carbons (Fsp3) is 0.200. The van der Waals surface area contributed by atoms with E-state index in [9.17, 15) is 0 Å². The first-order valence-electron chi connectivity index (χ1n) is 5.69. The summed E-state index contributed by atoms with van der Waals surface area (Å²) in [5.41, 5.74) is 2.37. The van der Waals surface area contributed by atoms with Crippen LogP contribution in [0, 0.1) is 0 Å². The topological polar surface area (TPSA) is 40.7 Å². The van der Waals surface area contributed by atoms with Crippen molar-refractivity contribution in [3.63, 3.8) is 0 Å². The molecule has 0 unspecified atom stereocenters. The molecular formula is C15H18O2. The van der Waals surface area contributed by atoms with E-state index in [0.29, 0.717) is 0 Å². The van der Waals surface area contributed by atoms with E-state index in [1.54, 1.807) is 0 Å². The number of para-hydroxylation sites is 1. The molecule has 0 bridgehead atoms. The maximum absolute atomic E-state index is 5.74. The third-order valence-electron chi connectivity index (χ3n) is 2.43. The Morgan fingerprint density at radius 2 is 1.53 bits per heavy atom. The molecule has 17 heavy (non-hydrogen) atoms. The van der Waals surface area contributed by atoms with Crippen LogP contribution in [-0.2, 0) is 0 Å². The van der Waals surface area contributed by atoms with Crippen molar-refractivity contribution in [2.24, 2.45) is 0 Å². The minimum atomic E-state index is 0. The first-order chi connectivity index (χ1) is 7.92. The molecule has 0 aliphatic rings. The average Bonchev–Trinajstić information content (AvgIpc) is 2.38. The van der Waals surface area contributed by atoms with Crippen molar-refractivity contribution in [2.75, 3.05) is 6.61 Å². The molecule has 0 fully saturated rings. The standard InChI is InChI=1S/C15H16O.H2O/c1-2-12-16-15-11-7-6-10-14(15)13-8-4-3-5-9-13;/h3-11H,2,12H2,1H3;1H2. The van der Waals surface area contributed by atoms with E-state index in [2.05, 4.69) is 25.1 Å². The summed E-state index contributed by atoms with van der Waals surface area (Å²) in [6, 6.07) is 18.5. The lowest BCUT2D eigenvalue weighted by Gasteiger charge is -2.10. The summed E-state index contributed by atoms with van der Waals surface area (Å²) in [7, 11) is 0. The van der Waals surface area contributed by atoms with Crippen LogP contribution in [-0.4, -0.2) is 12.1 Å². The van der Waals surface area contributed by atoms with E-state index in [0.717, 1.165) is 24.3 Å². The molecule has 2 aromatic carbocycles. The Labute approximate surface area is 102 Å². The molecule has 0 spiro atoms. The van der Waals surface area contributed by atoms with Crippen LogP contribution in [0.2, 0.25) is 0 Å². The van der Waals surface area contributed by atoms with Crippen LogP contribution in [0.15, 0.2) is 54.6 Å². The number of hydrogen-bond acceptors (Lipinski definition) is 1. The van der Waals surface area contributed by atoms with Gasteiger partial charge in [0.05, 0.1) is 6.61 Å². The summed E-state index contributed by atoms with van der Waals surface area (Å²) in [5, 5.41) is 0. The van der Waals surface area contributed by atoms with Gasteiger partial charge in [0, 0.05) is 5.56 Å². The van der Waals surface area contributed by atoms with Crippen LogP contribution in [0.5, 0.6) is 5.75 Å². The van der Waals surface area contributed by atoms with Gasteiger partial charge in [-0.3, -0.25) is 0 Å². The van der Waals surface area contributed by atoms with E-state index in [-0.39, 0.29) is 5.48 Å². The van der Waals surface area contributed by atoms with Crippen LogP contribution in [0.25, 0.3) is 11.1 Å². The first-order valence-corrected chi connectivity index (χ1v) is 5.69. The van der Waals surface area contributed by atoms with Crippen molar-refractivity contribution in [3.05, 3.63) is 54.6 Å². The SMILES string of the molecule is CCCOc1ccccc1-c1ccccc1.O. The van der Waals surface area contributed by atoms with Crippen LogP contribution in [0.3, 0.4) is 0 Å². The lowest BCUT2D eigenvalue weighted by Crippen LogP contribution is -1.96. The zero-order chi connectivity index (χ0) is 11.2. The van der Waals surface area contributed by atoms with Gasteiger partial charge in [-0.2, -0.15) is 0 Å². The molecule has 0 aliphatic carbocycles. The molecule has 0 aromatic heterocycles. The Morgan fingerprint density at radius 3 is 2.24 bits per heavy atom. The lowest BCUT2D eigenvalue weighted by molar-refractivity contribution is 0.318. The average molecular weight is 230 g/mol. The second-order valence-corrected chi connectivity index (χ2v) is 3.71. The number of rotatable bonds is 4. The lowest BCUT2D eigenvalue weighted by atomic mass is 10.1. The highest BCUT2D eigenvalue weighted by Gasteiger charge is 2.03. The molecule has 2 rings (SSSR count). The Morgan fingerprint density at radius 1 is 0.882 bits per heavy atom. The smallest absolute Gasteiger partial charge is 0.127 e. The Bertz CT molecular complexity index is 438. The zero-order valence-electron chi connectivity index (χ0n) is 10.0. The Balaban J connectivity index is 0.00000144. The summed E-state index contributed by atoms with van der Waals surface area (Å²) >= 11 is 0. The van der Waals surface area contributed by atoms with E-state index < -0.39 is 0 Å². The number of hydrogen-bond donors (Lipinski definition) is 0. The largest absolute Gasteiger partial charge is 0.493 e. The summed E-state index contributed by atoms with van der Waals surface area (Å²) in [5.74, 6) is 0.968. The summed E-state index contributed by atoms with van der Waals surface area (Å²) in [4.78, 5) is 0. The van der Waals surface area contributed by atoms with Gasteiger partial charge in [0.2, 0.25) is 0 Å². The van der Waals surface area contributed by atoms with E-state index in [1.807, 2.05) is 36.4 Å². The molecule has 2 nitrogen and oxygen atoms in total. The third kappa shape index (κ3) is 3.33. The van der Waals surface area contributed by atoms with Gasteiger partial charge >= 0.3 is 0 Å². The van der Waals surface area contributed by atoms with Gasteiger partial charge in [-0.25, -0.2) is 0 Å². The molecule has 2 aromatic rings. The van der Waals surface area contributed by atoms with Crippen molar-refractivity contribution in [1.29, 1.82) is 0 Å². The molecule has 0 radical (unpaired) electrons. The zero-order valence-corrected chi connectivity index (χ0v) is 10.0. The van der Waals surface area contributed by atoms with E-state index in [1.165, 1.54) is 5.56 Å². The number of ether oxygens (including phenoxy) is 1. The second kappa shape index (κ2) is 6.71. The summed E-state index contributed by atoms with van der Waals surface area (Å²) < 4.78 is 5.74. The normalized spacial score (nSPS) is 9.47. The van der Waals surface area contributed by atoms with Crippen molar-refractivity contribution in [2.45, 2.75) is 13.3 Å². The van der Waals surface area contributed by atoms with E-state index in [4.69, 9.17) is 4.74 Å². The van der Waals surface area contributed by atoms with Gasteiger partial charge in [0.25, 0.3) is 0 Å². The van der Waals surface area contributed by atoms with Crippen LogP contribution in [0.4, 0.5) is 0 Å². The predicted octanol–water partition coefficient (Wildman–Crippen LogP) is 3.32. The van der Waals surface area contributed by atoms with Crippen molar-refractivity contribution < 1.29 is 10.2 Å². The second-order valence-electron chi connectivity index (χ2n) is 3.71. The molecule has 90 valence electrons. The summed E-state index contributed by atoms with van der Waals surface area (Å²) in [6.45, 7) is 2.88. The summed E-state index contributed by atoms with van der Waals surface area (Å²) in [6.07, 6.45) is 1.03. The maximum Gasteiger partial charge on any atom is 0.127 e. The van der Waals surface area contributed by atoms with Crippen LogP contribution in [0.1, 0.15) is 13.3 Å². The Kier molecular flexibility index (Phi) is 5.24. The fourth-order valence-corrected chi connectivity index (χ4v) is 1.66. The van der Waals surface area contributed by atoms with Gasteiger partial charge < -0.3 is 10.2 Å². The molecular weight excluding hydrogens is 212 g/mol. The third-order valence-corrected chi connectivity index (χ3v) is 2.43. The van der Waals surface area contributed by atoms with Gasteiger partial charge in [0.15, 0.2) is 0 Å². The molecule has 0 saturated carbocycles. The highest BCUT2D eigenvalue weighted by Crippen LogP contribution is 2.29. The molecule has 0 heterocycles. The van der Waals surface area contributed by atoms with Crippen molar-refractivity contribution >= 4 is 0 Å². The minimum absolute atomic E-state index is 0. The van der Waals surface area contributed by atoms with Gasteiger partial charge in [-0.05, 0) is 18.1 Å². The molecule has 0 amide bonds. The highest BCUT2D eigenvalue weighted by molar-refractivity contribution is 5.70. The highest BCUT2D eigenvalue weighted by atomic mass is 16.5. The van der Waals surface area contributed by atoms with E-state index >= 15 is 0 Å². The number of benzene rings is 2. The Hall–Kier alpha value is -1.80. The molecule has 0 atom stereocenters. The van der Waals surface area contributed by atoms with Gasteiger partial charge in [-0.1, -0.05) is 55.5 Å². The minimum Gasteiger partial charge on any atom is -0.493 e.